The molecule has 0 radical (unpaired) electrons. The Morgan fingerprint density at radius 2 is 1.94 bits per heavy atom. The molecular formula is C15H22O3. The molecule has 18 heavy (non-hydrogen) atoms. The van der Waals surface area contributed by atoms with Gasteiger partial charge in [-0.3, -0.25) is 4.79 Å². The van der Waals surface area contributed by atoms with Crippen LogP contribution in [0.25, 0.3) is 0 Å². The fraction of sp³-hybridized carbons (Fsp3) is 0.800. The maximum atomic E-state index is 12.6. The Morgan fingerprint density at radius 3 is 2.56 bits per heavy atom. The molecule has 5 atom stereocenters. The van der Waals surface area contributed by atoms with Crippen LogP contribution in [-0.2, 0) is 4.79 Å². The van der Waals surface area contributed by atoms with Crippen molar-refractivity contribution in [2.75, 3.05) is 0 Å². The molecule has 1 spiro atoms. The van der Waals surface area contributed by atoms with Crippen LogP contribution in [0.5, 0.6) is 0 Å². The zero-order chi connectivity index (χ0) is 13.5. The van der Waals surface area contributed by atoms with Gasteiger partial charge < -0.3 is 10.2 Å². The van der Waals surface area contributed by atoms with Crippen molar-refractivity contribution in [3.8, 4) is 0 Å². The molecule has 3 aliphatic rings. The lowest BCUT2D eigenvalue weighted by atomic mass is 9.65. The summed E-state index contributed by atoms with van der Waals surface area (Å²) in [5.41, 5.74) is -1.83. The molecule has 2 N–H and O–H groups in total. The van der Waals surface area contributed by atoms with Crippen molar-refractivity contribution in [2.24, 2.45) is 22.7 Å². The van der Waals surface area contributed by atoms with Crippen molar-refractivity contribution in [3.05, 3.63) is 11.6 Å². The Morgan fingerprint density at radius 1 is 1.33 bits per heavy atom. The maximum Gasteiger partial charge on any atom is 0.165 e. The molecule has 0 aliphatic heterocycles. The van der Waals surface area contributed by atoms with Crippen LogP contribution in [0.15, 0.2) is 11.6 Å². The molecule has 2 bridgehead atoms. The van der Waals surface area contributed by atoms with Crippen LogP contribution in [0.2, 0.25) is 0 Å². The van der Waals surface area contributed by atoms with Crippen LogP contribution in [-0.4, -0.2) is 27.7 Å². The summed E-state index contributed by atoms with van der Waals surface area (Å²) in [6.45, 7) is 7.80. The van der Waals surface area contributed by atoms with Crippen LogP contribution in [0.4, 0.5) is 0 Å². The Balaban J connectivity index is 2.34. The lowest BCUT2D eigenvalue weighted by molar-refractivity contribution is -0.147. The van der Waals surface area contributed by atoms with Crippen molar-refractivity contribution >= 4 is 5.78 Å². The van der Waals surface area contributed by atoms with Gasteiger partial charge in [-0.25, -0.2) is 0 Å². The molecule has 3 heteroatoms. The number of carbonyl (C=O) groups is 1. The van der Waals surface area contributed by atoms with Crippen molar-refractivity contribution in [1.82, 2.24) is 0 Å². The van der Waals surface area contributed by atoms with Gasteiger partial charge >= 0.3 is 0 Å². The fourth-order valence-corrected chi connectivity index (χ4v) is 5.32. The SMILES string of the molecule is CC1=CC(=O)C23C(C)CCC2C(C)(C)C1(O)C3O. The summed E-state index contributed by atoms with van der Waals surface area (Å²) in [4.78, 5) is 12.6. The third-order valence-corrected chi connectivity index (χ3v) is 6.36. The Labute approximate surface area is 108 Å². The van der Waals surface area contributed by atoms with Gasteiger partial charge in [-0.2, -0.15) is 0 Å². The second-order valence-corrected chi connectivity index (χ2v) is 7.05. The summed E-state index contributed by atoms with van der Waals surface area (Å²) in [5, 5.41) is 21.8. The van der Waals surface area contributed by atoms with Crippen molar-refractivity contribution in [1.29, 1.82) is 0 Å². The summed E-state index contributed by atoms with van der Waals surface area (Å²) in [6.07, 6.45) is 2.50. The minimum absolute atomic E-state index is 0.0257. The molecule has 0 aromatic heterocycles. The standard InChI is InChI=1S/C15H22O3/c1-8-5-6-10-13(3,4)15(18)9(2)7-11(16)14(8,10)12(15)17/h7-8,10,12,17-18H,5-6H2,1-4H3. The number of fused-ring (bicyclic) bond motifs is 1. The topological polar surface area (TPSA) is 57.5 Å². The average Bonchev–Trinajstić information content (AvgIpc) is 2.67. The van der Waals surface area contributed by atoms with Gasteiger partial charge in [0.2, 0.25) is 0 Å². The fourth-order valence-electron chi connectivity index (χ4n) is 5.32. The van der Waals surface area contributed by atoms with E-state index in [-0.39, 0.29) is 17.6 Å². The predicted octanol–water partition coefficient (Wildman–Crippen LogP) is 1.68. The van der Waals surface area contributed by atoms with Gasteiger partial charge in [0.05, 0.1) is 5.41 Å². The van der Waals surface area contributed by atoms with E-state index >= 15 is 0 Å². The van der Waals surface area contributed by atoms with Gasteiger partial charge in [0.15, 0.2) is 5.78 Å². The van der Waals surface area contributed by atoms with E-state index in [0.29, 0.717) is 5.57 Å². The molecule has 100 valence electrons. The number of hydrogen-bond donors (Lipinski definition) is 2. The highest BCUT2D eigenvalue weighted by Gasteiger charge is 2.78. The highest BCUT2D eigenvalue weighted by atomic mass is 16.3. The normalized spacial score (nSPS) is 53.3. The predicted molar refractivity (Wildman–Crippen MR) is 67.8 cm³/mol. The van der Waals surface area contributed by atoms with Crippen LogP contribution in [0.1, 0.15) is 40.5 Å². The summed E-state index contributed by atoms with van der Waals surface area (Å²) < 4.78 is 0. The quantitative estimate of drug-likeness (QED) is 0.687. The summed E-state index contributed by atoms with van der Waals surface area (Å²) in [6, 6.07) is 0. The van der Waals surface area contributed by atoms with Crippen molar-refractivity contribution in [2.45, 2.75) is 52.2 Å². The van der Waals surface area contributed by atoms with Crippen LogP contribution < -0.4 is 0 Å². The number of allylic oxidation sites excluding steroid dienone is 1. The molecule has 0 aromatic rings. The first kappa shape index (κ1) is 12.4. The number of rotatable bonds is 0. The van der Waals surface area contributed by atoms with Gasteiger partial charge in [0.25, 0.3) is 0 Å². The molecule has 0 aromatic carbocycles. The van der Waals surface area contributed by atoms with Gasteiger partial charge in [0, 0.05) is 5.41 Å². The Bertz CT molecular complexity index is 464. The van der Waals surface area contributed by atoms with Crippen LogP contribution in [0.3, 0.4) is 0 Å². The van der Waals surface area contributed by atoms with E-state index in [4.69, 9.17) is 0 Å². The number of hydrogen-bond acceptors (Lipinski definition) is 3. The first-order valence-corrected chi connectivity index (χ1v) is 6.85. The molecular weight excluding hydrogens is 228 g/mol. The summed E-state index contributed by atoms with van der Waals surface area (Å²) in [7, 11) is 0. The van der Waals surface area contributed by atoms with Crippen LogP contribution in [0, 0.1) is 22.7 Å². The molecule has 2 fully saturated rings. The number of aliphatic hydroxyl groups is 2. The average molecular weight is 250 g/mol. The van der Waals surface area contributed by atoms with E-state index in [9.17, 15) is 15.0 Å². The van der Waals surface area contributed by atoms with E-state index < -0.39 is 22.5 Å². The minimum atomic E-state index is -1.25. The Kier molecular flexibility index (Phi) is 2.11. The number of ketones is 1. The lowest BCUT2D eigenvalue weighted by Gasteiger charge is -2.44. The third kappa shape index (κ3) is 0.894. The third-order valence-electron chi connectivity index (χ3n) is 6.36. The molecule has 3 rings (SSSR count). The molecule has 5 unspecified atom stereocenters. The highest BCUT2D eigenvalue weighted by molar-refractivity contribution is 5.99. The zero-order valence-electron chi connectivity index (χ0n) is 11.5. The molecule has 3 nitrogen and oxygen atoms in total. The van der Waals surface area contributed by atoms with Crippen molar-refractivity contribution < 1.29 is 15.0 Å². The highest BCUT2D eigenvalue weighted by Crippen LogP contribution is 2.71. The van der Waals surface area contributed by atoms with E-state index in [1.165, 1.54) is 0 Å². The number of aliphatic hydroxyl groups excluding tert-OH is 1. The molecule has 3 aliphatic carbocycles. The Hall–Kier alpha value is -0.670. The zero-order valence-corrected chi connectivity index (χ0v) is 11.5. The minimum Gasteiger partial charge on any atom is -0.389 e. The summed E-state index contributed by atoms with van der Waals surface area (Å²) >= 11 is 0. The van der Waals surface area contributed by atoms with Crippen LogP contribution >= 0.6 is 0 Å². The van der Waals surface area contributed by atoms with E-state index in [1.807, 2.05) is 20.8 Å². The van der Waals surface area contributed by atoms with E-state index in [0.717, 1.165) is 12.8 Å². The van der Waals surface area contributed by atoms with Gasteiger partial charge in [-0.15, -0.1) is 0 Å². The summed E-state index contributed by atoms with van der Waals surface area (Å²) in [5.74, 6) is 0.238. The lowest BCUT2D eigenvalue weighted by Crippen LogP contribution is -2.57. The second kappa shape index (κ2) is 3.07. The monoisotopic (exact) mass is 250 g/mol. The maximum absolute atomic E-state index is 12.6. The largest absolute Gasteiger partial charge is 0.389 e. The first-order valence-electron chi connectivity index (χ1n) is 6.85. The van der Waals surface area contributed by atoms with Crippen molar-refractivity contribution in [3.63, 3.8) is 0 Å². The molecule has 0 amide bonds. The smallest absolute Gasteiger partial charge is 0.165 e. The van der Waals surface area contributed by atoms with Gasteiger partial charge in [-0.05, 0) is 43.3 Å². The molecule has 0 saturated heterocycles. The van der Waals surface area contributed by atoms with E-state index in [1.54, 1.807) is 13.0 Å². The van der Waals surface area contributed by atoms with Gasteiger partial charge in [-0.1, -0.05) is 20.8 Å². The van der Waals surface area contributed by atoms with E-state index in [2.05, 4.69) is 0 Å². The number of carbonyl (C=O) groups excluding carboxylic acids is 1. The second-order valence-electron chi connectivity index (χ2n) is 7.05. The molecule has 0 heterocycles. The first-order chi connectivity index (χ1) is 8.21. The molecule has 2 saturated carbocycles. The van der Waals surface area contributed by atoms with Gasteiger partial charge in [0.1, 0.15) is 11.7 Å².